The lowest BCUT2D eigenvalue weighted by atomic mass is 10.0. The summed E-state index contributed by atoms with van der Waals surface area (Å²) in [6.07, 6.45) is 93.2. The molecule has 0 spiro atoms. The molecule has 6 heteroatoms. The van der Waals surface area contributed by atoms with Crippen molar-refractivity contribution in [2.45, 2.75) is 367 Å². The van der Waals surface area contributed by atoms with Gasteiger partial charge in [0.25, 0.3) is 0 Å². The molecule has 0 saturated heterocycles. The van der Waals surface area contributed by atoms with Crippen molar-refractivity contribution in [3.8, 4) is 0 Å². The molecule has 6 nitrogen and oxygen atoms in total. The van der Waals surface area contributed by atoms with E-state index < -0.39 is 6.10 Å². The van der Waals surface area contributed by atoms with Crippen LogP contribution in [-0.2, 0) is 28.6 Å². The fourth-order valence-electron chi connectivity index (χ4n) is 10.3. The molecule has 474 valence electrons. The van der Waals surface area contributed by atoms with Gasteiger partial charge in [-0.25, -0.2) is 0 Å². The summed E-state index contributed by atoms with van der Waals surface area (Å²) in [6, 6.07) is 0. The molecule has 0 rings (SSSR count). The Morgan fingerprint density at radius 2 is 0.476 bits per heavy atom. The van der Waals surface area contributed by atoms with Gasteiger partial charge < -0.3 is 14.2 Å². The van der Waals surface area contributed by atoms with E-state index in [0.29, 0.717) is 19.3 Å². The summed E-state index contributed by atoms with van der Waals surface area (Å²) in [5, 5.41) is 0. The summed E-state index contributed by atoms with van der Waals surface area (Å²) in [7, 11) is 0. The highest BCUT2D eigenvalue weighted by Gasteiger charge is 2.19. The van der Waals surface area contributed by atoms with Crippen molar-refractivity contribution in [1.29, 1.82) is 0 Å². The number of hydrogen-bond donors (Lipinski definition) is 0. The van der Waals surface area contributed by atoms with E-state index >= 15 is 0 Å². The average molecular weight is 1140 g/mol. The Morgan fingerprint density at radius 1 is 0.256 bits per heavy atom. The van der Waals surface area contributed by atoms with Crippen molar-refractivity contribution in [3.05, 3.63) is 85.1 Å². The molecule has 0 amide bonds. The molecule has 0 heterocycles. The van der Waals surface area contributed by atoms with Crippen LogP contribution in [-0.4, -0.2) is 37.2 Å². The van der Waals surface area contributed by atoms with Gasteiger partial charge in [0.1, 0.15) is 13.2 Å². The first-order valence-electron chi connectivity index (χ1n) is 35.6. The molecule has 0 fully saturated rings. The number of rotatable bonds is 65. The van der Waals surface area contributed by atoms with Gasteiger partial charge in [0.15, 0.2) is 6.10 Å². The van der Waals surface area contributed by atoms with Crippen LogP contribution in [0.1, 0.15) is 361 Å². The molecular formula is C76H134O6. The third kappa shape index (κ3) is 67.4. The Bertz CT molecular complexity index is 1550. The molecule has 0 aliphatic carbocycles. The van der Waals surface area contributed by atoms with Crippen molar-refractivity contribution >= 4 is 17.9 Å². The molecule has 0 aromatic rings. The van der Waals surface area contributed by atoms with Crippen LogP contribution in [0.25, 0.3) is 0 Å². The maximum atomic E-state index is 13.0. The van der Waals surface area contributed by atoms with Gasteiger partial charge in [-0.05, 0) is 96.3 Å². The minimum Gasteiger partial charge on any atom is -0.462 e. The second-order valence-corrected chi connectivity index (χ2v) is 23.8. The first kappa shape index (κ1) is 78.6. The standard InChI is InChI=1S/C76H134O6/c1-4-7-10-13-16-19-22-25-28-31-34-35-36-37-38-39-40-41-43-45-48-51-54-57-60-63-66-69-75(78)81-72-73(71-80-74(77)68-65-62-59-56-53-50-47-44-33-30-27-24-21-18-15-12-9-6-3)82-76(79)70-67-64-61-58-55-52-49-46-42-32-29-26-23-20-17-14-11-8-5-2/h7,10,16-17,19-20,25-26,28-29,34-35,42,46,73H,4-6,8-9,11-15,18,21-24,27,30-33,36-41,43-45,47-72H2,1-3H3/b10-7-,19-16-,20-17-,28-25-,29-26-,35-34-,46-42-. The summed E-state index contributed by atoms with van der Waals surface area (Å²) in [4.78, 5) is 38.5. The van der Waals surface area contributed by atoms with Gasteiger partial charge in [0.2, 0.25) is 0 Å². The van der Waals surface area contributed by atoms with Gasteiger partial charge in [-0.2, -0.15) is 0 Å². The highest BCUT2D eigenvalue weighted by Crippen LogP contribution is 2.18. The molecular weight excluding hydrogens is 1010 g/mol. The Hall–Kier alpha value is -3.41. The van der Waals surface area contributed by atoms with Crippen LogP contribution in [0.2, 0.25) is 0 Å². The zero-order valence-electron chi connectivity index (χ0n) is 54.5. The molecule has 0 aromatic carbocycles. The first-order chi connectivity index (χ1) is 40.5. The summed E-state index contributed by atoms with van der Waals surface area (Å²) in [6.45, 7) is 6.55. The predicted molar refractivity (Wildman–Crippen MR) is 358 cm³/mol. The van der Waals surface area contributed by atoms with Gasteiger partial charge >= 0.3 is 17.9 Å². The first-order valence-corrected chi connectivity index (χ1v) is 35.6. The lowest BCUT2D eigenvalue weighted by molar-refractivity contribution is -0.167. The maximum Gasteiger partial charge on any atom is 0.306 e. The molecule has 0 aliphatic rings. The number of carbonyl (C=O) groups is 3. The van der Waals surface area contributed by atoms with E-state index in [9.17, 15) is 14.4 Å². The summed E-state index contributed by atoms with van der Waals surface area (Å²) < 4.78 is 17.0. The van der Waals surface area contributed by atoms with E-state index in [1.54, 1.807) is 0 Å². The molecule has 1 unspecified atom stereocenters. The zero-order chi connectivity index (χ0) is 59.2. The normalized spacial score (nSPS) is 12.6. The molecule has 0 aliphatic heterocycles. The van der Waals surface area contributed by atoms with Crippen molar-refractivity contribution in [2.24, 2.45) is 0 Å². The third-order valence-corrected chi connectivity index (χ3v) is 15.6. The molecule has 82 heavy (non-hydrogen) atoms. The Balaban J connectivity index is 4.32. The fraction of sp³-hybridized carbons (Fsp3) is 0.776. The topological polar surface area (TPSA) is 78.9 Å². The minimum atomic E-state index is -0.784. The van der Waals surface area contributed by atoms with Crippen LogP contribution in [0, 0.1) is 0 Å². The lowest BCUT2D eigenvalue weighted by Crippen LogP contribution is -2.30. The van der Waals surface area contributed by atoms with Gasteiger partial charge in [-0.3, -0.25) is 14.4 Å². The second-order valence-electron chi connectivity index (χ2n) is 23.8. The van der Waals surface area contributed by atoms with Crippen molar-refractivity contribution < 1.29 is 28.6 Å². The van der Waals surface area contributed by atoms with E-state index in [1.807, 2.05) is 0 Å². The van der Waals surface area contributed by atoms with Crippen LogP contribution < -0.4 is 0 Å². The summed E-state index contributed by atoms with van der Waals surface area (Å²) >= 11 is 0. The van der Waals surface area contributed by atoms with Crippen LogP contribution >= 0.6 is 0 Å². The van der Waals surface area contributed by atoms with E-state index in [4.69, 9.17) is 14.2 Å². The number of unbranched alkanes of at least 4 members (excludes halogenated alkanes) is 40. The van der Waals surface area contributed by atoms with Crippen LogP contribution in [0.15, 0.2) is 85.1 Å². The van der Waals surface area contributed by atoms with Crippen molar-refractivity contribution in [1.82, 2.24) is 0 Å². The van der Waals surface area contributed by atoms with Crippen LogP contribution in [0.3, 0.4) is 0 Å². The van der Waals surface area contributed by atoms with Crippen molar-refractivity contribution in [3.63, 3.8) is 0 Å². The summed E-state index contributed by atoms with van der Waals surface area (Å²) in [5.74, 6) is -0.869. The molecule has 0 N–H and O–H groups in total. The highest BCUT2D eigenvalue weighted by molar-refractivity contribution is 5.71. The second kappa shape index (κ2) is 70.1. The minimum absolute atomic E-state index is 0.0774. The highest BCUT2D eigenvalue weighted by atomic mass is 16.6. The van der Waals surface area contributed by atoms with E-state index in [-0.39, 0.29) is 31.1 Å². The van der Waals surface area contributed by atoms with E-state index in [0.717, 1.165) is 109 Å². The third-order valence-electron chi connectivity index (χ3n) is 15.6. The largest absolute Gasteiger partial charge is 0.462 e. The Kier molecular flexibility index (Phi) is 67.2. The summed E-state index contributed by atoms with van der Waals surface area (Å²) in [5.41, 5.74) is 0. The Labute approximate surface area is 509 Å². The van der Waals surface area contributed by atoms with Crippen molar-refractivity contribution in [2.75, 3.05) is 13.2 Å². The van der Waals surface area contributed by atoms with Gasteiger partial charge in [0, 0.05) is 19.3 Å². The average Bonchev–Trinajstić information content (AvgIpc) is 3.47. The quantitative estimate of drug-likeness (QED) is 0.0261. The van der Waals surface area contributed by atoms with E-state index in [2.05, 4.69) is 106 Å². The monoisotopic (exact) mass is 1140 g/mol. The SMILES string of the molecule is CC/C=C\C/C=C\C/C=C\C/C=C\CCCCCCCCCCCCCCCCC(=O)OCC(COC(=O)CCCCCCCCCCCCCCCCCCCC)OC(=O)CCCCCCCC/C=C\C/C=C\C/C=C\CCCCC. The lowest BCUT2D eigenvalue weighted by Gasteiger charge is -2.18. The molecule has 0 saturated carbocycles. The van der Waals surface area contributed by atoms with Gasteiger partial charge in [-0.1, -0.05) is 331 Å². The zero-order valence-corrected chi connectivity index (χ0v) is 54.5. The molecule has 0 aromatic heterocycles. The number of hydrogen-bond acceptors (Lipinski definition) is 6. The van der Waals surface area contributed by atoms with Gasteiger partial charge in [0.05, 0.1) is 0 Å². The maximum absolute atomic E-state index is 13.0. The van der Waals surface area contributed by atoms with E-state index in [1.165, 1.54) is 212 Å². The number of carbonyl (C=O) groups excluding carboxylic acids is 3. The number of ether oxygens (including phenoxy) is 3. The van der Waals surface area contributed by atoms with Crippen LogP contribution in [0.5, 0.6) is 0 Å². The molecule has 0 radical (unpaired) electrons. The smallest absolute Gasteiger partial charge is 0.306 e. The number of allylic oxidation sites excluding steroid dienone is 14. The fourth-order valence-corrected chi connectivity index (χ4v) is 10.3. The molecule has 0 bridgehead atoms. The number of esters is 3. The van der Waals surface area contributed by atoms with Crippen LogP contribution in [0.4, 0.5) is 0 Å². The van der Waals surface area contributed by atoms with Gasteiger partial charge in [-0.15, -0.1) is 0 Å². The predicted octanol–water partition coefficient (Wildman–Crippen LogP) is 24.6. The Morgan fingerprint density at radius 3 is 0.768 bits per heavy atom. The molecule has 1 atom stereocenters.